The SMILES string of the molecule is COc1ccc(-c2cn(-c3ccc(C)c(C)c3)c(NC(=O)CN(C[C@H]3CCCO3)C(=O)c3ccc(C)cc3)n2)cc1. The highest BCUT2D eigenvalue weighted by Crippen LogP contribution is 2.27. The molecule has 4 aromatic rings. The van der Waals surface area contributed by atoms with Crippen LogP contribution in [0.25, 0.3) is 16.9 Å². The molecule has 0 bridgehead atoms. The lowest BCUT2D eigenvalue weighted by Crippen LogP contribution is -2.42. The van der Waals surface area contributed by atoms with E-state index in [0.717, 1.165) is 41.0 Å². The zero-order valence-corrected chi connectivity index (χ0v) is 24.0. The number of nitrogens with zero attached hydrogens (tertiary/aromatic N) is 3. The van der Waals surface area contributed by atoms with Crippen LogP contribution in [0, 0.1) is 20.8 Å². The van der Waals surface area contributed by atoms with Crippen molar-refractivity contribution in [2.75, 3.05) is 32.1 Å². The second-order valence-corrected chi connectivity index (χ2v) is 10.6. The maximum absolute atomic E-state index is 13.5. The van der Waals surface area contributed by atoms with E-state index in [0.29, 0.717) is 30.4 Å². The zero-order chi connectivity index (χ0) is 28.9. The number of anilines is 1. The van der Waals surface area contributed by atoms with Crippen molar-refractivity contribution in [1.82, 2.24) is 14.5 Å². The highest BCUT2D eigenvalue weighted by molar-refractivity contribution is 5.99. The molecule has 1 saturated heterocycles. The van der Waals surface area contributed by atoms with Gasteiger partial charge in [0.1, 0.15) is 12.3 Å². The quantitative estimate of drug-likeness (QED) is 0.287. The van der Waals surface area contributed by atoms with Crippen LogP contribution in [-0.2, 0) is 9.53 Å². The summed E-state index contributed by atoms with van der Waals surface area (Å²) in [5.74, 6) is 0.594. The van der Waals surface area contributed by atoms with Gasteiger partial charge in [-0.1, -0.05) is 23.8 Å². The molecule has 2 amide bonds. The Hall–Kier alpha value is -4.43. The van der Waals surface area contributed by atoms with E-state index in [1.165, 1.54) is 5.56 Å². The lowest BCUT2D eigenvalue weighted by Gasteiger charge is -2.25. The Morgan fingerprint density at radius 2 is 1.78 bits per heavy atom. The fourth-order valence-corrected chi connectivity index (χ4v) is 4.91. The molecule has 3 aromatic carbocycles. The molecule has 212 valence electrons. The number of imidazole rings is 1. The average Bonchev–Trinajstić information content (AvgIpc) is 3.64. The molecule has 1 aliphatic heterocycles. The molecule has 41 heavy (non-hydrogen) atoms. The van der Waals surface area contributed by atoms with Crippen LogP contribution in [0.1, 0.15) is 39.9 Å². The number of carbonyl (C=O) groups excluding carboxylic acids is 2. The zero-order valence-electron chi connectivity index (χ0n) is 24.0. The molecule has 8 nitrogen and oxygen atoms in total. The van der Waals surface area contributed by atoms with Gasteiger partial charge in [-0.3, -0.25) is 19.5 Å². The van der Waals surface area contributed by atoms with E-state index in [-0.39, 0.29) is 24.5 Å². The van der Waals surface area contributed by atoms with Crippen molar-refractivity contribution < 1.29 is 19.1 Å². The minimum absolute atomic E-state index is 0.0867. The Kier molecular flexibility index (Phi) is 8.50. The Morgan fingerprint density at radius 3 is 2.44 bits per heavy atom. The first kappa shape index (κ1) is 28.1. The molecule has 5 rings (SSSR count). The minimum Gasteiger partial charge on any atom is -0.497 e. The average molecular weight is 553 g/mol. The van der Waals surface area contributed by atoms with Crippen molar-refractivity contribution in [3.05, 3.63) is 95.2 Å². The second kappa shape index (κ2) is 12.4. The van der Waals surface area contributed by atoms with Gasteiger partial charge < -0.3 is 14.4 Å². The number of nitrogens with one attached hydrogen (secondary N) is 1. The third-order valence-corrected chi connectivity index (χ3v) is 7.48. The topological polar surface area (TPSA) is 85.7 Å². The molecule has 0 radical (unpaired) electrons. The maximum atomic E-state index is 13.5. The first-order valence-electron chi connectivity index (χ1n) is 13.9. The van der Waals surface area contributed by atoms with Crippen LogP contribution >= 0.6 is 0 Å². The summed E-state index contributed by atoms with van der Waals surface area (Å²) >= 11 is 0. The first-order chi connectivity index (χ1) is 19.8. The summed E-state index contributed by atoms with van der Waals surface area (Å²) in [7, 11) is 1.63. The van der Waals surface area contributed by atoms with Gasteiger partial charge in [0, 0.05) is 36.2 Å². The number of hydrogen-bond donors (Lipinski definition) is 1. The van der Waals surface area contributed by atoms with Crippen LogP contribution in [0.2, 0.25) is 0 Å². The van der Waals surface area contributed by atoms with Crippen LogP contribution in [0.4, 0.5) is 5.95 Å². The first-order valence-corrected chi connectivity index (χ1v) is 13.9. The number of amides is 2. The Morgan fingerprint density at radius 1 is 1.02 bits per heavy atom. The molecule has 1 atom stereocenters. The van der Waals surface area contributed by atoms with E-state index >= 15 is 0 Å². The van der Waals surface area contributed by atoms with E-state index < -0.39 is 0 Å². The van der Waals surface area contributed by atoms with Crippen molar-refractivity contribution >= 4 is 17.8 Å². The van der Waals surface area contributed by atoms with Crippen molar-refractivity contribution in [1.29, 1.82) is 0 Å². The summed E-state index contributed by atoms with van der Waals surface area (Å²) in [6.07, 6.45) is 3.63. The van der Waals surface area contributed by atoms with Crippen LogP contribution in [0.3, 0.4) is 0 Å². The van der Waals surface area contributed by atoms with Crippen LogP contribution in [0.5, 0.6) is 5.75 Å². The second-order valence-electron chi connectivity index (χ2n) is 10.6. The van der Waals surface area contributed by atoms with Crippen molar-refractivity contribution in [2.24, 2.45) is 0 Å². The smallest absolute Gasteiger partial charge is 0.254 e. The number of aromatic nitrogens is 2. The van der Waals surface area contributed by atoms with Gasteiger partial charge >= 0.3 is 0 Å². The molecule has 1 aromatic heterocycles. The lowest BCUT2D eigenvalue weighted by molar-refractivity contribution is -0.117. The fourth-order valence-electron chi connectivity index (χ4n) is 4.91. The van der Waals surface area contributed by atoms with Crippen molar-refractivity contribution in [3.63, 3.8) is 0 Å². The molecule has 1 N–H and O–H groups in total. The summed E-state index contributed by atoms with van der Waals surface area (Å²) in [4.78, 5) is 33.4. The summed E-state index contributed by atoms with van der Waals surface area (Å²) in [5.41, 5.74) is 6.38. The number of rotatable bonds is 9. The molecule has 2 heterocycles. The Labute approximate surface area is 240 Å². The lowest BCUT2D eigenvalue weighted by atomic mass is 10.1. The predicted molar refractivity (Wildman–Crippen MR) is 160 cm³/mol. The molecule has 1 fully saturated rings. The number of ether oxygens (including phenoxy) is 2. The van der Waals surface area contributed by atoms with Crippen LogP contribution in [0.15, 0.2) is 72.9 Å². The monoisotopic (exact) mass is 552 g/mol. The summed E-state index contributed by atoms with van der Waals surface area (Å²) in [5, 5.41) is 2.98. The summed E-state index contributed by atoms with van der Waals surface area (Å²) < 4.78 is 13.0. The van der Waals surface area contributed by atoms with E-state index in [4.69, 9.17) is 14.5 Å². The fraction of sp³-hybridized carbons (Fsp3) is 0.303. The molecule has 0 spiro atoms. The third kappa shape index (κ3) is 6.66. The van der Waals surface area contributed by atoms with Gasteiger partial charge in [-0.15, -0.1) is 0 Å². The van der Waals surface area contributed by atoms with Crippen LogP contribution < -0.4 is 10.1 Å². The normalized spacial score (nSPS) is 14.6. The number of methoxy groups -OCH3 is 1. The Balaban J connectivity index is 1.43. The Bertz CT molecular complexity index is 1520. The standard InChI is InChI=1S/C33H36N4O4/c1-22-7-10-26(11-8-22)32(39)36(19-29-6-5-17-41-29)21-31(38)35-33-34-30(25-12-15-28(40-4)16-13-25)20-37(33)27-14-9-23(2)24(3)18-27/h7-16,18,20,29H,5-6,17,19,21H2,1-4H3,(H,34,35,38)/t29-/m1/s1. The molecule has 0 saturated carbocycles. The number of carbonyl (C=O) groups is 2. The van der Waals surface area contributed by atoms with E-state index in [2.05, 4.69) is 25.2 Å². The maximum Gasteiger partial charge on any atom is 0.254 e. The number of aryl methyl sites for hydroxylation is 3. The summed E-state index contributed by atoms with van der Waals surface area (Å²) in [6.45, 7) is 6.99. The molecular formula is C33H36N4O4. The molecule has 0 unspecified atom stereocenters. The minimum atomic E-state index is -0.333. The van der Waals surface area contributed by atoms with E-state index in [1.54, 1.807) is 24.1 Å². The molecule has 8 heteroatoms. The number of benzene rings is 3. The van der Waals surface area contributed by atoms with Crippen molar-refractivity contribution in [2.45, 2.75) is 39.7 Å². The van der Waals surface area contributed by atoms with Crippen molar-refractivity contribution in [3.8, 4) is 22.7 Å². The van der Waals surface area contributed by atoms with Gasteiger partial charge in [-0.25, -0.2) is 4.98 Å². The van der Waals surface area contributed by atoms with Gasteiger partial charge in [-0.05, 0) is 93.3 Å². The third-order valence-electron chi connectivity index (χ3n) is 7.48. The predicted octanol–water partition coefficient (Wildman–Crippen LogP) is 5.73. The van der Waals surface area contributed by atoms with Gasteiger partial charge in [0.05, 0.1) is 18.9 Å². The largest absolute Gasteiger partial charge is 0.497 e. The van der Waals surface area contributed by atoms with Crippen LogP contribution in [-0.4, -0.2) is 59.2 Å². The van der Waals surface area contributed by atoms with Gasteiger partial charge in [-0.2, -0.15) is 0 Å². The number of hydrogen-bond acceptors (Lipinski definition) is 5. The molecule has 1 aliphatic rings. The van der Waals surface area contributed by atoms with Gasteiger partial charge in [0.15, 0.2) is 0 Å². The van der Waals surface area contributed by atoms with E-state index in [1.807, 2.05) is 66.2 Å². The highest BCUT2D eigenvalue weighted by Gasteiger charge is 2.26. The van der Waals surface area contributed by atoms with E-state index in [9.17, 15) is 9.59 Å². The summed E-state index contributed by atoms with van der Waals surface area (Å²) in [6, 6.07) is 21.1. The van der Waals surface area contributed by atoms with Gasteiger partial charge in [0.2, 0.25) is 11.9 Å². The molecular weight excluding hydrogens is 516 g/mol. The van der Waals surface area contributed by atoms with Gasteiger partial charge in [0.25, 0.3) is 5.91 Å². The highest BCUT2D eigenvalue weighted by atomic mass is 16.5. The molecule has 0 aliphatic carbocycles.